The molecular weight excluding hydrogens is 258 g/mol. The summed E-state index contributed by atoms with van der Waals surface area (Å²) >= 11 is 3.37. The highest BCUT2D eigenvalue weighted by atomic mass is 79.9. The van der Waals surface area contributed by atoms with E-state index in [4.69, 9.17) is 0 Å². The first-order valence-corrected chi connectivity index (χ1v) is 5.51. The van der Waals surface area contributed by atoms with Crippen molar-refractivity contribution in [3.05, 3.63) is 28.5 Å². The summed E-state index contributed by atoms with van der Waals surface area (Å²) in [5, 5.41) is 2.73. The molecule has 0 radical (unpaired) electrons. The number of amides is 1. The molecule has 2 rings (SSSR count). The minimum Gasteiger partial charge on any atom is -0.307 e. The van der Waals surface area contributed by atoms with Crippen LogP contribution < -0.4 is 5.32 Å². The molecular formula is C10H10BrN3O. The molecule has 1 unspecified atom stereocenters. The molecule has 1 atom stereocenters. The molecule has 0 fully saturated rings. The molecule has 1 amide bonds. The molecule has 78 valence electrons. The Morgan fingerprint density at radius 2 is 2.40 bits per heavy atom. The summed E-state index contributed by atoms with van der Waals surface area (Å²) in [7, 11) is 0. The van der Waals surface area contributed by atoms with Gasteiger partial charge in [0.1, 0.15) is 11.7 Å². The Balaban J connectivity index is 2.34. The van der Waals surface area contributed by atoms with Gasteiger partial charge in [-0.2, -0.15) is 0 Å². The molecule has 1 aromatic rings. The van der Waals surface area contributed by atoms with E-state index in [1.807, 2.05) is 19.1 Å². The molecule has 0 bridgehead atoms. The molecule has 2 heterocycles. The first-order valence-electron chi connectivity index (χ1n) is 4.72. The molecule has 1 aliphatic heterocycles. The fraction of sp³-hybridized carbons (Fsp3) is 0.300. The van der Waals surface area contributed by atoms with E-state index in [2.05, 4.69) is 31.2 Å². The molecule has 5 heteroatoms. The number of halogens is 1. The summed E-state index contributed by atoms with van der Waals surface area (Å²) in [5.41, 5.74) is 0.682. The highest BCUT2D eigenvalue weighted by molar-refractivity contribution is 9.10. The van der Waals surface area contributed by atoms with Gasteiger partial charge in [-0.05, 0) is 34.5 Å². The molecule has 0 aromatic carbocycles. The van der Waals surface area contributed by atoms with Crippen LogP contribution in [0.2, 0.25) is 0 Å². The average molecular weight is 268 g/mol. The second kappa shape index (κ2) is 4.10. The summed E-state index contributed by atoms with van der Waals surface area (Å²) in [6.45, 7) is 1.93. The van der Waals surface area contributed by atoms with Gasteiger partial charge < -0.3 is 5.32 Å². The fourth-order valence-electron chi connectivity index (χ4n) is 1.40. The van der Waals surface area contributed by atoms with E-state index in [-0.39, 0.29) is 11.9 Å². The van der Waals surface area contributed by atoms with Gasteiger partial charge in [-0.25, -0.2) is 0 Å². The van der Waals surface area contributed by atoms with Gasteiger partial charge in [0, 0.05) is 10.7 Å². The first kappa shape index (κ1) is 10.3. The Kier molecular flexibility index (Phi) is 2.81. The zero-order valence-electron chi connectivity index (χ0n) is 8.20. The molecule has 0 spiro atoms. The van der Waals surface area contributed by atoms with Crippen LogP contribution >= 0.6 is 15.9 Å². The number of rotatable bonds is 2. The van der Waals surface area contributed by atoms with Crippen molar-refractivity contribution < 1.29 is 4.79 Å². The van der Waals surface area contributed by atoms with E-state index in [9.17, 15) is 4.79 Å². The van der Waals surface area contributed by atoms with Gasteiger partial charge in [0.2, 0.25) is 5.91 Å². The number of pyridine rings is 1. The zero-order valence-corrected chi connectivity index (χ0v) is 9.78. The third-order valence-electron chi connectivity index (χ3n) is 2.20. The van der Waals surface area contributed by atoms with Crippen LogP contribution in [0.5, 0.6) is 0 Å². The molecule has 0 aliphatic carbocycles. The van der Waals surface area contributed by atoms with Crippen molar-refractivity contribution in [3.63, 3.8) is 0 Å². The standard InChI is InChI=1S/C10H10BrN3O/c1-2-7-10(15)14-9(13-7)8-6(11)4-3-5-12-8/h3-5,7H,2H2,1H3,(H,13,14,15). The van der Waals surface area contributed by atoms with Gasteiger partial charge in [-0.15, -0.1) is 0 Å². The van der Waals surface area contributed by atoms with Crippen molar-refractivity contribution in [1.82, 2.24) is 10.3 Å². The molecule has 15 heavy (non-hydrogen) atoms. The number of carbonyl (C=O) groups is 1. The van der Waals surface area contributed by atoms with Crippen LogP contribution in [0.1, 0.15) is 19.0 Å². The highest BCUT2D eigenvalue weighted by Gasteiger charge is 2.26. The molecule has 0 saturated carbocycles. The van der Waals surface area contributed by atoms with Crippen LogP contribution in [-0.4, -0.2) is 22.8 Å². The van der Waals surface area contributed by atoms with E-state index in [0.717, 1.165) is 4.47 Å². The molecule has 1 aromatic heterocycles. The minimum atomic E-state index is -0.270. The van der Waals surface area contributed by atoms with Crippen molar-refractivity contribution in [1.29, 1.82) is 0 Å². The van der Waals surface area contributed by atoms with Gasteiger partial charge in [0.05, 0.1) is 0 Å². The topological polar surface area (TPSA) is 54.4 Å². The highest BCUT2D eigenvalue weighted by Crippen LogP contribution is 2.16. The van der Waals surface area contributed by atoms with Crippen LogP contribution in [0.15, 0.2) is 27.8 Å². The van der Waals surface area contributed by atoms with Crippen molar-refractivity contribution in [3.8, 4) is 0 Å². The maximum atomic E-state index is 11.4. The fourth-order valence-corrected chi connectivity index (χ4v) is 1.85. The lowest BCUT2D eigenvalue weighted by Gasteiger charge is -2.01. The van der Waals surface area contributed by atoms with Crippen molar-refractivity contribution >= 4 is 27.7 Å². The summed E-state index contributed by atoms with van der Waals surface area (Å²) in [6.07, 6.45) is 2.38. The summed E-state index contributed by atoms with van der Waals surface area (Å²) in [6, 6.07) is 3.42. The monoisotopic (exact) mass is 267 g/mol. The van der Waals surface area contributed by atoms with E-state index >= 15 is 0 Å². The Morgan fingerprint density at radius 1 is 1.60 bits per heavy atom. The minimum absolute atomic E-state index is 0.0509. The number of carbonyl (C=O) groups excluding carboxylic acids is 1. The van der Waals surface area contributed by atoms with Crippen LogP contribution in [0.25, 0.3) is 0 Å². The van der Waals surface area contributed by atoms with Gasteiger partial charge in [0.15, 0.2) is 5.84 Å². The van der Waals surface area contributed by atoms with E-state index in [1.165, 1.54) is 0 Å². The summed E-state index contributed by atoms with van der Waals surface area (Å²) < 4.78 is 0.834. The lowest BCUT2D eigenvalue weighted by Crippen LogP contribution is -2.29. The van der Waals surface area contributed by atoms with Crippen molar-refractivity contribution in [2.45, 2.75) is 19.4 Å². The largest absolute Gasteiger partial charge is 0.307 e. The molecule has 1 N–H and O–H groups in total. The maximum Gasteiger partial charge on any atom is 0.250 e. The molecule has 0 saturated heterocycles. The number of hydrogen-bond donors (Lipinski definition) is 1. The van der Waals surface area contributed by atoms with Crippen molar-refractivity contribution in [2.75, 3.05) is 0 Å². The quantitative estimate of drug-likeness (QED) is 0.883. The molecule has 4 nitrogen and oxygen atoms in total. The second-order valence-corrected chi connectivity index (χ2v) is 4.08. The first-order chi connectivity index (χ1) is 7.22. The Labute approximate surface area is 95.9 Å². The van der Waals surface area contributed by atoms with Gasteiger partial charge >= 0.3 is 0 Å². The average Bonchev–Trinajstić information content (AvgIpc) is 2.60. The van der Waals surface area contributed by atoms with Gasteiger partial charge in [-0.1, -0.05) is 6.92 Å². The second-order valence-electron chi connectivity index (χ2n) is 3.22. The lowest BCUT2D eigenvalue weighted by molar-refractivity contribution is -0.120. The SMILES string of the molecule is CCC1N=C(c2ncccc2Br)NC1=O. The number of aliphatic imine (C=N–C) groups is 1. The van der Waals surface area contributed by atoms with Gasteiger partial charge in [-0.3, -0.25) is 14.8 Å². The van der Waals surface area contributed by atoms with E-state index in [1.54, 1.807) is 6.20 Å². The van der Waals surface area contributed by atoms with Gasteiger partial charge in [0.25, 0.3) is 0 Å². The Morgan fingerprint density at radius 3 is 3.00 bits per heavy atom. The number of aromatic nitrogens is 1. The molecule has 1 aliphatic rings. The van der Waals surface area contributed by atoms with Crippen molar-refractivity contribution in [2.24, 2.45) is 4.99 Å². The predicted molar refractivity (Wildman–Crippen MR) is 60.7 cm³/mol. The Hall–Kier alpha value is -1.23. The van der Waals surface area contributed by atoms with Crippen LogP contribution in [0.3, 0.4) is 0 Å². The van der Waals surface area contributed by atoms with Crippen LogP contribution in [0, 0.1) is 0 Å². The lowest BCUT2D eigenvalue weighted by atomic mass is 10.2. The summed E-state index contributed by atoms with van der Waals surface area (Å²) in [5.74, 6) is 0.504. The maximum absolute atomic E-state index is 11.4. The predicted octanol–water partition coefficient (Wildman–Crippen LogP) is 1.50. The number of amidine groups is 1. The number of nitrogens with one attached hydrogen (secondary N) is 1. The van der Waals surface area contributed by atoms with Crippen LogP contribution in [-0.2, 0) is 4.79 Å². The Bertz CT molecular complexity index is 430. The third kappa shape index (κ3) is 1.92. The third-order valence-corrected chi connectivity index (χ3v) is 2.84. The summed E-state index contributed by atoms with van der Waals surface area (Å²) in [4.78, 5) is 19.9. The zero-order chi connectivity index (χ0) is 10.8. The van der Waals surface area contributed by atoms with E-state index in [0.29, 0.717) is 18.0 Å². The number of hydrogen-bond acceptors (Lipinski definition) is 3. The smallest absolute Gasteiger partial charge is 0.250 e. The normalized spacial score (nSPS) is 20.0. The van der Waals surface area contributed by atoms with E-state index < -0.39 is 0 Å². The van der Waals surface area contributed by atoms with Crippen LogP contribution in [0.4, 0.5) is 0 Å². The number of nitrogens with zero attached hydrogens (tertiary/aromatic N) is 2.